The Morgan fingerprint density at radius 2 is 1.82 bits per heavy atom. The Hall–Kier alpha value is -3.96. The highest BCUT2D eigenvalue weighted by atomic mass is 19.4. The molecule has 3 fully saturated rings. The standard InChI is InChI=1S/C27H25F4N3O5/c1-39-25-18(9-13(11-32-25)26(37)38)23(35)34-22-16-6-5-15(17(16)8-12-2-3-12)21(22)24(36)33-14-4-7-20(28)19(10-14)27(29,30)31/h4,7-12,15-16,21-22H,2-3,5-6H2,1H3,(H,33,36)(H,34,35)(H,37,38)/b17-8-/t15-,16+,21+,22+/m0/s1. The molecule has 8 nitrogen and oxygen atoms in total. The van der Waals surface area contributed by atoms with E-state index in [1.54, 1.807) is 0 Å². The third-order valence-electron chi connectivity index (χ3n) is 7.62. The van der Waals surface area contributed by atoms with Crippen molar-refractivity contribution in [2.24, 2.45) is 23.7 Å². The molecule has 3 aliphatic carbocycles. The van der Waals surface area contributed by atoms with Gasteiger partial charge in [-0.25, -0.2) is 14.2 Å². The lowest BCUT2D eigenvalue weighted by molar-refractivity contribution is -0.140. The van der Waals surface area contributed by atoms with E-state index < -0.39 is 47.3 Å². The molecule has 3 N–H and O–H groups in total. The van der Waals surface area contributed by atoms with Crippen molar-refractivity contribution in [1.82, 2.24) is 10.3 Å². The summed E-state index contributed by atoms with van der Waals surface area (Å²) in [6, 6.07) is 2.67. The zero-order valence-electron chi connectivity index (χ0n) is 20.7. The van der Waals surface area contributed by atoms with Crippen LogP contribution in [0.3, 0.4) is 0 Å². The maximum absolute atomic E-state index is 13.8. The highest BCUT2D eigenvalue weighted by Crippen LogP contribution is 2.54. The van der Waals surface area contributed by atoms with Crippen molar-refractivity contribution < 1.29 is 41.8 Å². The van der Waals surface area contributed by atoms with E-state index in [0.717, 1.165) is 36.7 Å². The fraction of sp³-hybridized carbons (Fsp3) is 0.407. The first-order valence-electron chi connectivity index (χ1n) is 12.4. The number of aromatic nitrogens is 1. The number of pyridine rings is 1. The Kier molecular flexibility index (Phi) is 6.81. The Bertz CT molecular complexity index is 1370. The number of ether oxygens (including phenoxy) is 1. The molecule has 5 rings (SSSR count). The summed E-state index contributed by atoms with van der Waals surface area (Å²) in [5.41, 5.74) is -1.02. The van der Waals surface area contributed by atoms with E-state index in [0.29, 0.717) is 30.9 Å². The van der Waals surface area contributed by atoms with Gasteiger partial charge in [0.1, 0.15) is 11.4 Å². The number of carboxylic acids is 1. The Labute approximate surface area is 220 Å². The smallest absolute Gasteiger partial charge is 0.419 e. The summed E-state index contributed by atoms with van der Waals surface area (Å²) in [7, 11) is 1.28. The lowest BCUT2D eigenvalue weighted by atomic mass is 9.83. The van der Waals surface area contributed by atoms with E-state index >= 15 is 0 Å². The van der Waals surface area contributed by atoms with Gasteiger partial charge in [-0.2, -0.15) is 13.2 Å². The van der Waals surface area contributed by atoms with E-state index in [-0.39, 0.29) is 34.5 Å². The van der Waals surface area contributed by atoms with Crippen molar-refractivity contribution in [3.63, 3.8) is 0 Å². The summed E-state index contributed by atoms with van der Waals surface area (Å²) in [6.07, 6.45) is 1.68. The molecular weight excluding hydrogens is 522 g/mol. The quantitative estimate of drug-likeness (QED) is 0.343. The zero-order valence-corrected chi connectivity index (χ0v) is 20.7. The molecule has 2 aromatic rings. The summed E-state index contributed by atoms with van der Waals surface area (Å²) < 4.78 is 58.6. The van der Waals surface area contributed by atoms with Gasteiger partial charge in [-0.15, -0.1) is 0 Å². The number of nitrogens with zero attached hydrogens (tertiary/aromatic N) is 1. The van der Waals surface area contributed by atoms with Gasteiger partial charge in [-0.3, -0.25) is 9.59 Å². The number of alkyl halides is 3. The Balaban J connectivity index is 1.45. The average Bonchev–Trinajstić information content (AvgIpc) is 3.56. The SMILES string of the molecule is COc1ncc(C(=O)O)cc1C(=O)N[C@H]1[C@H](C(=O)Nc2ccc(F)c(C(F)(F)F)c2)[C@H]2CC[C@@H]1/C2=C\C1CC1. The van der Waals surface area contributed by atoms with Crippen LogP contribution >= 0.6 is 0 Å². The lowest BCUT2D eigenvalue weighted by Crippen LogP contribution is -2.48. The molecule has 0 spiro atoms. The number of benzene rings is 1. The maximum Gasteiger partial charge on any atom is 0.419 e. The number of carbonyl (C=O) groups excluding carboxylic acids is 2. The summed E-state index contributed by atoms with van der Waals surface area (Å²) in [6.45, 7) is 0. The van der Waals surface area contributed by atoms with E-state index in [4.69, 9.17) is 4.74 Å². The molecule has 1 aromatic carbocycles. The normalized spacial score (nSPS) is 25.0. The summed E-state index contributed by atoms with van der Waals surface area (Å²) in [4.78, 5) is 42.2. The minimum absolute atomic E-state index is 0.0959. The minimum atomic E-state index is -4.94. The topological polar surface area (TPSA) is 118 Å². The van der Waals surface area contributed by atoms with Crippen LogP contribution in [0.2, 0.25) is 0 Å². The molecular formula is C27H25F4N3O5. The van der Waals surface area contributed by atoms with Gasteiger partial charge in [0.15, 0.2) is 0 Å². The van der Waals surface area contributed by atoms with Gasteiger partial charge in [0.05, 0.1) is 24.2 Å². The molecule has 39 heavy (non-hydrogen) atoms. The third kappa shape index (κ3) is 5.19. The molecule has 3 aliphatic rings. The molecule has 206 valence electrons. The number of carbonyl (C=O) groups is 3. The monoisotopic (exact) mass is 547 g/mol. The van der Waals surface area contributed by atoms with Crippen LogP contribution in [-0.4, -0.2) is 41.0 Å². The number of fused-ring (bicyclic) bond motifs is 2. The number of rotatable bonds is 7. The number of amides is 2. The van der Waals surface area contributed by atoms with Crippen molar-refractivity contribution in [2.45, 2.75) is 37.9 Å². The van der Waals surface area contributed by atoms with Gasteiger partial charge in [-0.1, -0.05) is 11.6 Å². The van der Waals surface area contributed by atoms with Crippen molar-refractivity contribution >= 4 is 23.5 Å². The highest BCUT2D eigenvalue weighted by molar-refractivity contribution is 6.00. The minimum Gasteiger partial charge on any atom is -0.480 e. The number of anilines is 1. The number of aromatic carboxylic acids is 1. The van der Waals surface area contributed by atoms with Crippen LogP contribution in [0.5, 0.6) is 5.88 Å². The molecule has 4 atom stereocenters. The predicted molar refractivity (Wildman–Crippen MR) is 130 cm³/mol. The number of hydrogen-bond donors (Lipinski definition) is 3. The first-order valence-corrected chi connectivity index (χ1v) is 12.4. The van der Waals surface area contributed by atoms with Crippen LogP contribution in [0.4, 0.5) is 23.2 Å². The summed E-state index contributed by atoms with van der Waals surface area (Å²) in [5.74, 6) is -4.94. The van der Waals surface area contributed by atoms with Gasteiger partial charge in [0.2, 0.25) is 11.8 Å². The van der Waals surface area contributed by atoms with Crippen LogP contribution in [0.25, 0.3) is 0 Å². The molecule has 12 heteroatoms. The van der Waals surface area contributed by atoms with E-state index in [9.17, 15) is 37.1 Å². The number of methoxy groups -OCH3 is 1. The van der Waals surface area contributed by atoms with E-state index in [1.807, 2.05) is 0 Å². The second-order valence-electron chi connectivity index (χ2n) is 10.1. The average molecular weight is 548 g/mol. The summed E-state index contributed by atoms with van der Waals surface area (Å²) >= 11 is 0. The van der Waals surface area contributed by atoms with Gasteiger partial charge >= 0.3 is 12.1 Å². The third-order valence-corrected chi connectivity index (χ3v) is 7.62. The largest absolute Gasteiger partial charge is 0.480 e. The number of allylic oxidation sites excluding steroid dienone is 1. The maximum atomic E-state index is 13.8. The number of nitrogens with one attached hydrogen (secondary N) is 2. The fourth-order valence-electron chi connectivity index (χ4n) is 5.73. The van der Waals surface area contributed by atoms with Crippen molar-refractivity contribution in [3.8, 4) is 5.88 Å². The molecule has 2 bridgehead atoms. The molecule has 1 aromatic heterocycles. The number of hydrogen-bond acceptors (Lipinski definition) is 5. The Morgan fingerprint density at radius 3 is 2.46 bits per heavy atom. The van der Waals surface area contributed by atoms with Crippen molar-refractivity contribution in [3.05, 3.63) is 64.6 Å². The molecule has 0 aliphatic heterocycles. The Morgan fingerprint density at radius 1 is 1.10 bits per heavy atom. The molecule has 0 radical (unpaired) electrons. The van der Waals surface area contributed by atoms with Crippen LogP contribution in [0.1, 0.15) is 52.0 Å². The highest BCUT2D eigenvalue weighted by Gasteiger charge is 2.55. The number of carboxylic acid groups (broad SMARTS) is 1. The lowest BCUT2D eigenvalue weighted by Gasteiger charge is -2.30. The first-order chi connectivity index (χ1) is 18.5. The van der Waals surface area contributed by atoms with Gasteiger partial charge in [0, 0.05) is 23.8 Å². The summed E-state index contributed by atoms with van der Waals surface area (Å²) in [5, 5.41) is 14.7. The molecule has 0 unspecified atom stereocenters. The van der Waals surface area contributed by atoms with Gasteiger partial charge < -0.3 is 20.5 Å². The van der Waals surface area contributed by atoms with E-state index in [2.05, 4.69) is 21.7 Å². The second-order valence-corrected chi connectivity index (χ2v) is 10.1. The molecule has 0 saturated heterocycles. The van der Waals surface area contributed by atoms with E-state index in [1.165, 1.54) is 7.11 Å². The zero-order chi connectivity index (χ0) is 28.1. The van der Waals surface area contributed by atoms with Crippen LogP contribution < -0.4 is 15.4 Å². The molecule has 2 amide bonds. The van der Waals surface area contributed by atoms with Gasteiger partial charge in [0.25, 0.3) is 5.91 Å². The predicted octanol–water partition coefficient (Wildman–Crippen LogP) is 4.68. The number of halogens is 4. The van der Waals surface area contributed by atoms with Crippen molar-refractivity contribution in [1.29, 1.82) is 0 Å². The first kappa shape index (κ1) is 26.6. The molecule has 3 saturated carbocycles. The fourth-order valence-corrected chi connectivity index (χ4v) is 5.73. The van der Waals surface area contributed by atoms with Gasteiger partial charge in [-0.05, 0) is 61.8 Å². The second kappa shape index (κ2) is 9.97. The van der Waals surface area contributed by atoms with Crippen LogP contribution in [0, 0.1) is 29.5 Å². The van der Waals surface area contributed by atoms with Crippen LogP contribution in [-0.2, 0) is 11.0 Å². The molecule has 1 heterocycles. The van der Waals surface area contributed by atoms with Crippen molar-refractivity contribution in [2.75, 3.05) is 12.4 Å². The van der Waals surface area contributed by atoms with Crippen LogP contribution in [0.15, 0.2) is 42.1 Å².